The minimum atomic E-state index is -1.25. The molecule has 0 fully saturated rings. The van der Waals surface area contributed by atoms with Crippen molar-refractivity contribution in [1.29, 1.82) is 0 Å². The second-order valence-electron chi connectivity index (χ2n) is 16.0. The minimum absolute atomic E-state index is 0.000339. The maximum atomic E-state index is 12.8. The van der Waals surface area contributed by atoms with Crippen molar-refractivity contribution >= 4 is 11.6 Å². The fraction of sp³-hybridized carbons (Fsp3) is 0.489. The highest BCUT2D eigenvalue weighted by molar-refractivity contribution is 6.01. The van der Waals surface area contributed by atoms with Crippen molar-refractivity contribution in [2.75, 3.05) is 19.8 Å². The third kappa shape index (κ3) is 16.7. The molecular formula is C47H68O9. The minimum Gasteiger partial charge on any atom is -0.394 e. The normalized spacial score (nSPS) is 23.3. The third-order valence-corrected chi connectivity index (χ3v) is 9.78. The monoisotopic (exact) mass is 776 g/mol. The predicted molar refractivity (Wildman–Crippen MR) is 227 cm³/mol. The summed E-state index contributed by atoms with van der Waals surface area (Å²) >= 11 is 0. The number of ether oxygens (including phenoxy) is 1. The third-order valence-electron chi connectivity index (χ3n) is 9.78. The maximum Gasteiger partial charge on any atom is 0.187 e. The molecule has 0 amide bonds. The average molecular weight is 777 g/mol. The highest BCUT2D eigenvalue weighted by atomic mass is 16.5. The van der Waals surface area contributed by atoms with E-state index in [-0.39, 0.29) is 35.6 Å². The summed E-state index contributed by atoms with van der Waals surface area (Å²) in [6.45, 7) is 21.1. The Morgan fingerprint density at radius 3 is 1.52 bits per heavy atom. The van der Waals surface area contributed by atoms with Crippen molar-refractivity contribution in [3.8, 4) is 0 Å². The van der Waals surface area contributed by atoms with Gasteiger partial charge in [0.2, 0.25) is 0 Å². The first-order valence-corrected chi connectivity index (χ1v) is 19.2. The van der Waals surface area contributed by atoms with Crippen molar-refractivity contribution < 1.29 is 45.0 Å². The Hall–Kier alpha value is -3.80. The lowest BCUT2D eigenvalue weighted by Crippen LogP contribution is -2.38. The molecule has 0 aliphatic heterocycles. The number of hydrogen-bond donors (Lipinski definition) is 6. The van der Waals surface area contributed by atoms with Crippen LogP contribution in [0.2, 0.25) is 0 Å². The van der Waals surface area contributed by atoms with E-state index in [1.54, 1.807) is 6.92 Å². The average Bonchev–Trinajstić information content (AvgIpc) is 3.12. The zero-order valence-electron chi connectivity index (χ0n) is 35.4. The number of aliphatic hydroxyl groups excluding tert-OH is 6. The first-order valence-electron chi connectivity index (χ1n) is 19.2. The van der Waals surface area contributed by atoms with Crippen LogP contribution < -0.4 is 0 Å². The largest absolute Gasteiger partial charge is 0.394 e. The first kappa shape index (κ1) is 50.2. The summed E-state index contributed by atoms with van der Waals surface area (Å²) in [6.07, 6.45) is 24.7. The fourth-order valence-electron chi connectivity index (χ4n) is 6.35. The Bertz CT molecular complexity index is 1680. The smallest absolute Gasteiger partial charge is 0.187 e. The molecule has 2 rings (SSSR count). The second-order valence-corrected chi connectivity index (χ2v) is 16.0. The van der Waals surface area contributed by atoms with Gasteiger partial charge in [0.15, 0.2) is 11.6 Å². The SMILES string of the molecule is CC(O)C(O)C(O)CO.CC1=C(/C=C/C(C)=C/C=C/C(C)=C/C=C/C=C(C)/C=C/C=C(C)/C=C/C2=C(C)C(=O)C(OCCO)CC2(C)C)C(C)(C)CC(O)C1=O. The lowest BCUT2D eigenvalue weighted by Gasteiger charge is -2.36. The summed E-state index contributed by atoms with van der Waals surface area (Å²) < 4.78 is 5.59. The lowest BCUT2D eigenvalue weighted by molar-refractivity contribution is -0.130. The second kappa shape index (κ2) is 24.1. The van der Waals surface area contributed by atoms with E-state index in [2.05, 4.69) is 71.9 Å². The van der Waals surface area contributed by atoms with Gasteiger partial charge in [-0.05, 0) is 94.4 Å². The van der Waals surface area contributed by atoms with Crippen molar-refractivity contribution in [2.24, 2.45) is 10.8 Å². The summed E-state index contributed by atoms with van der Waals surface area (Å²) in [7, 11) is 0. The molecule has 5 unspecified atom stereocenters. The zero-order valence-corrected chi connectivity index (χ0v) is 35.4. The topological polar surface area (TPSA) is 165 Å². The van der Waals surface area contributed by atoms with Gasteiger partial charge >= 0.3 is 0 Å². The van der Waals surface area contributed by atoms with Gasteiger partial charge in [-0.2, -0.15) is 0 Å². The molecule has 5 atom stereocenters. The molecule has 9 nitrogen and oxygen atoms in total. The summed E-state index contributed by atoms with van der Waals surface area (Å²) in [4.78, 5) is 25.0. The number of Topliss-reactive ketones (excluding diaryl/α,β-unsaturated/α-hetero) is 2. The van der Waals surface area contributed by atoms with E-state index in [0.717, 1.165) is 39.0 Å². The number of hydrogen-bond acceptors (Lipinski definition) is 9. The molecule has 0 aromatic carbocycles. The predicted octanol–water partition coefficient (Wildman–Crippen LogP) is 7.00. The van der Waals surface area contributed by atoms with E-state index < -0.39 is 37.1 Å². The number of carbonyl (C=O) groups excluding carboxylic acids is 2. The maximum absolute atomic E-state index is 12.8. The number of carbonyl (C=O) groups is 2. The summed E-state index contributed by atoms with van der Waals surface area (Å²) in [5.41, 5.74) is 7.32. The van der Waals surface area contributed by atoms with Crippen LogP contribution in [0.1, 0.15) is 89.0 Å². The molecule has 0 saturated carbocycles. The standard InChI is InChI=1S/C42H56O5.C5H12O4/c1-29(17-13-19-31(3)21-23-35-33(5)39(45)37(44)27-41(35,7)8)15-11-12-16-30(2)18-14-20-32(4)22-24-36-34(6)40(46)38(47-26-25-43)28-42(36,9)10;1-3(7)5(9)4(8)2-6/h11-24,37-38,43-44H,25-28H2,1-10H3;3-9H,2H2,1H3/b12-11+,17-13+,18-14+,23-21+,24-22+,29-15+,30-16+,31-19+,32-20+;. The van der Waals surface area contributed by atoms with Crippen LogP contribution in [0, 0.1) is 10.8 Å². The number of ketones is 2. The van der Waals surface area contributed by atoms with Crippen LogP contribution >= 0.6 is 0 Å². The van der Waals surface area contributed by atoms with E-state index in [0.29, 0.717) is 18.4 Å². The Balaban J connectivity index is 0.00000154. The van der Waals surface area contributed by atoms with Crippen molar-refractivity contribution in [2.45, 2.75) is 120 Å². The van der Waals surface area contributed by atoms with Gasteiger partial charge in [0.1, 0.15) is 24.4 Å². The van der Waals surface area contributed by atoms with Gasteiger partial charge in [0.25, 0.3) is 0 Å². The molecule has 0 heterocycles. The van der Waals surface area contributed by atoms with Crippen LogP contribution in [0.4, 0.5) is 0 Å². The molecule has 0 aromatic heterocycles. The van der Waals surface area contributed by atoms with Gasteiger partial charge in [-0.15, -0.1) is 0 Å². The molecule has 56 heavy (non-hydrogen) atoms. The van der Waals surface area contributed by atoms with Crippen LogP contribution in [0.5, 0.6) is 0 Å². The van der Waals surface area contributed by atoms with Crippen molar-refractivity contribution in [1.82, 2.24) is 0 Å². The van der Waals surface area contributed by atoms with Crippen LogP contribution in [0.25, 0.3) is 0 Å². The Morgan fingerprint density at radius 1 is 0.696 bits per heavy atom. The number of rotatable bonds is 16. The van der Waals surface area contributed by atoms with E-state index in [4.69, 9.17) is 30.3 Å². The molecule has 0 bridgehead atoms. The number of allylic oxidation sites excluding steroid dienone is 20. The van der Waals surface area contributed by atoms with Gasteiger partial charge in [-0.25, -0.2) is 0 Å². The Kier molecular flexibility index (Phi) is 21.6. The summed E-state index contributed by atoms with van der Waals surface area (Å²) in [5, 5.41) is 53.3. The number of aliphatic hydroxyl groups is 6. The Morgan fingerprint density at radius 2 is 1.11 bits per heavy atom. The van der Waals surface area contributed by atoms with Gasteiger partial charge in [0, 0.05) is 0 Å². The highest BCUT2D eigenvalue weighted by Gasteiger charge is 2.38. The van der Waals surface area contributed by atoms with E-state index in [1.165, 1.54) is 6.92 Å². The van der Waals surface area contributed by atoms with Crippen molar-refractivity contribution in [3.63, 3.8) is 0 Å². The summed E-state index contributed by atoms with van der Waals surface area (Å²) in [6, 6.07) is 0. The molecule has 310 valence electrons. The molecule has 0 aromatic rings. The molecular weight excluding hydrogens is 709 g/mol. The molecule has 2 aliphatic rings. The quantitative estimate of drug-likeness (QED) is 0.0906. The zero-order chi connectivity index (χ0) is 42.8. The molecule has 0 saturated heterocycles. The van der Waals surface area contributed by atoms with Crippen LogP contribution in [0.3, 0.4) is 0 Å². The lowest BCUT2D eigenvalue weighted by atomic mass is 9.71. The van der Waals surface area contributed by atoms with Crippen molar-refractivity contribution in [3.05, 3.63) is 130 Å². The van der Waals surface area contributed by atoms with Gasteiger partial charge in [-0.1, -0.05) is 135 Å². The van der Waals surface area contributed by atoms with Gasteiger partial charge in [-0.3, -0.25) is 9.59 Å². The molecule has 9 heteroatoms. The highest BCUT2D eigenvalue weighted by Crippen LogP contribution is 2.41. The Labute approximate surface area is 335 Å². The van der Waals surface area contributed by atoms with Gasteiger partial charge in [0.05, 0.1) is 25.9 Å². The van der Waals surface area contributed by atoms with Crippen LogP contribution in [-0.4, -0.2) is 92.5 Å². The molecule has 0 radical (unpaired) electrons. The molecule has 0 spiro atoms. The molecule has 6 N–H and O–H groups in total. The van der Waals surface area contributed by atoms with E-state index in [9.17, 15) is 14.7 Å². The van der Waals surface area contributed by atoms with Crippen LogP contribution in [-0.2, 0) is 14.3 Å². The fourth-order valence-corrected chi connectivity index (χ4v) is 6.35. The molecule has 2 aliphatic carbocycles. The van der Waals surface area contributed by atoms with Gasteiger partial charge < -0.3 is 35.4 Å². The summed E-state index contributed by atoms with van der Waals surface area (Å²) in [5.74, 6) is -0.176. The first-order chi connectivity index (χ1) is 26.1. The van der Waals surface area contributed by atoms with E-state index >= 15 is 0 Å². The van der Waals surface area contributed by atoms with Crippen LogP contribution in [0.15, 0.2) is 130 Å². The van der Waals surface area contributed by atoms with E-state index in [1.807, 2.05) is 75.5 Å².